The minimum Gasteiger partial charge on any atom is -0.322 e. The molecule has 2 N–H and O–H groups in total. The molecule has 0 saturated heterocycles. The van der Waals surface area contributed by atoms with Gasteiger partial charge in [-0.3, -0.25) is 14.8 Å². The van der Waals surface area contributed by atoms with Crippen molar-refractivity contribution in [3.63, 3.8) is 0 Å². The van der Waals surface area contributed by atoms with Crippen LogP contribution in [-0.2, 0) is 11.8 Å². The molecule has 1 aromatic carbocycles. The molecule has 6 heteroatoms. The van der Waals surface area contributed by atoms with Crippen molar-refractivity contribution in [2.75, 3.05) is 11.9 Å². The van der Waals surface area contributed by atoms with Crippen LogP contribution < -0.4 is 10.6 Å². The molecule has 29 heavy (non-hydrogen) atoms. The van der Waals surface area contributed by atoms with Gasteiger partial charge in [0.25, 0.3) is 0 Å². The molecule has 2 atom stereocenters. The third-order valence-electron chi connectivity index (χ3n) is 5.52. The molecule has 0 bridgehead atoms. The first-order chi connectivity index (χ1) is 13.9. The zero-order valence-electron chi connectivity index (χ0n) is 17.8. The van der Waals surface area contributed by atoms with E-state index < -0.39 is 0 Å². The average molecular weight is 411 g/mol. The van der Waals surface area contributed by atoms with Gasteiger partial charge in [0, 0.05) is 11.9 Å². The Bertz CT molecular complexity index is 944. The van der Waals surface area contributed by atoms with E-state index in [4.69, 9.17) is 0 Å². The Kier molecular flexibility index (Phi) is 6.87. The maximum atomic E-state index is 12.6. The number of amides is 1. The summed E-state index contributed by atoms with van der Waals surface area (Å²) in [5.74, 6) is 0.482. The van der Waals surface area contributed by atoms with E-state index in [1.54, 1.807) is 16.0 Å². The Hall–Kier alpha value is -2.44. The number of nitrogens with zero attached hydrogens (tertiary/aromatic N) is 2. The zero-order chi connectivity index (χ0) is 21.0. The Morgan fingerprint density at radius 3 is 2.41 bits per heavy atom. The van der Waals surface area contributed by atoms with E-state index in [0.29, 0.717) is 5.92 Å². The summed E-state index contributed by atoms with van der Waals surface area (Å²) < 4.78 is 1.78. The van der Waals surface area contributed by atoms with Gasteiger partial charge in [-0.05, 0) is 48.8 Å². The average Bonchev–Trinajstić information content (AvgIpc) is 3.33. The number of nitrogens with one attached hydrogen (secondary N) is 2. The molecule has 0 spiro atoms. The number of benzene rings is 1. The number of thiophene rings is 1. The number of aryl methyl sites for hydroxylation is 2. The van der Waals surface area contributed by atoms with Gasteiger partial charge in [-0.1, -0.05) is 44.2 Å². The van der Waals surface area contributed by atoms with E-state index in [2.05, 4.69) is 65.3 Å². The van der Waals surface area contributed by atoms with Crippen molar-refractivity contribution in [3.8, 4) is 0 Å². The minimum atomic E-state index is -0.0676. The quantitative estimate of drug-likeness (QED) is 0.554. The van der Waals surface area contributed by atoms with Gasteiger partial charge in [0.15, 0.2) is 0 Å². The number of carbonyl (C=O) groups excluding carboxylic acids is 1. The summed E-state index contributed by atoms with van der Waals surface area (Å²) >= 11 is 1.70. The number of aromatic nitrogens is 2. The van der Waals surface area contributed by atoms with Crippen molar-refractivity contribution in [3.05, 3.63) is 69.2 Å². The smallest absolute Gasteiger partial charge is 0.238 e. The highest BCUT2D eigenvalue weighted by molar-refractivity contribution is 7.10. The van der Waals surface area contributed by atoms with Gasteiger partial charge in [0.05, 0.1) is 29.7 Å². The van der Waals surface area contributed by atoms with Crippen molar-refractivity contribution in [1.29, 1.82) is 0 Å². The lowest BCUT2D eigenvalue weighted by atomic mass is 9.95. The highest BCUT2D eigenvalue weighted by Crippen LogP contribution is 2.28. The van der Waals surface area contributed by atoms with Gasteiger partial charge in [-0.25, -0.2) is 0 Å². The summed E-state index contributed by atoms with van der Waals surface area (Å²) in [7, 11) is 1.88. The maximum absolute atomic E-state index is 12.6. The lowest BCUT2D eigenvalue weighted by Gasteiger charge is -2.19. The molecule has 3 aromatic rings. The lowest BCUT2D eigenvalue weighted by Crippen LogP contribution is -2.31. The summed E-state index contributed by atoms with van der Waals surface area (Å²) in [5, 5.41) is 12.9. The highest BCUT2D eigenvalue weighted by atomic mass is 32.1. The number of carbonyl (C=O) groups is 1. The van der Waals surface area contributed by atoms with Gasteiger partial charge < -0.3 is 5.32 Å². The summed E-state index contributed by atoms with van der Waals surface area (Å²) in [4.78, 5) is 13.8. The molecule has 154 valence electrons. The van der Waals surface area contributed by atoms with E-state index in [1.165, 1.54) is 16.0 Å². The lowest BCUT2D eigenvalue weighted by molar-refractivity contribution is -0.115. The molecule has 0 saturated carbocycles. The summed E-state index contributed by atoms with van der Waals surface area (Å²) in [6.07, 6.45) is 1.12. The minimum absolute atomic E-state index is 0.0113. The van der Waals surface area contributed by atoms with E-state index in [1.807, 2.05) is 27.0 Å². The van der Waals surface area contributed by atoms with Gasteiger partial charge in [0.2, 0.25) is 5.91 Å². The van der Waals surface area contributed by atoms with E-state index in [-0.39, 0.29) is 18.5 Å². The number of rotatable bonds is 8. The Labute approximate surface area is 177 Å². The van der Waals surface area contributed by atoms with E-state index in [0.717, 1.165) is 23.5 Å². The first-order valence-electron chi connectivity index (χ1n) is 10.1. The van der Waals surface area contributed by atoms with Gasteiger partial charge in [-0.15, -0.1) is 11.3 Å². The Morgan fingerprint density at radius 1 is 1.17 bits per heavy atom. The molecule has 2 aromatic heterocycles. The van der Waals surface area contributed by atoms with Crippen LogP contribution in [0.25, 0.3) is 0 Å². The monoisotopic (exact) mass is 410 g/mol. The van der Waals surface area contributed by atoms with Crippen LogP contribution >= 0.6 is 11.3 Å². The van der Waals surface area contributed by atoms with Crippen molar-refractivity contribution in [1.82, 2.24) is 15.1 Å². The third-order valence-corrected chi connectivity index (χ3v) is 6.46. The molecule has 0 aliphatic rings. The fourth-order valence-corrected chi connectivity index (χ4v) is 4.25. The van der Waals surface area contributed by atoms with Crippen molar-refractivity contribution in [2.24, 2.45) is 7.05 Å². The maximum Gasteiger partial charge on any atom is 0.238 e. The summed E-state index contributed by atoms with van der Waals surface area (Å²) in [5.41, 5.74) is 5.09. The zero-order valence-corrected chi connectivity index (χ0v) is 18.6. The van der Waals surface area contributed by atoms with Crippen molar-refractivity contribution >= 4 is 22.9 Å². The Morgan fingerprint density at radius 2 is 1.86 bits per heavy atom. The molecule has 5 nitrogen and oxygen atoms in total. The van der Waals surface area contributed by atoms with Crippen molar-refractivity contribution in [2.45, 2.75) is 46.1 Å². The highest BCUT2D eigenvalue weighted by Gasteiger charge is 2.18. The molecule has 0 aliphatic carbocycles. The van der Waals surface area contributed by atoms with Gasteiger partial charge >= 0.3 is 0 Å². The first kappa shape index (κ1) is 21.3. The fourth-order valence-electron chi connectivity index (χ4n) is 3.42. The van der Waals surface area contributed by atoms with Crippen molar-refractivity contribution < 1.29 is 4.79 Å². The first-order valence-corrected chi connectivity index (χ1v) is 10.9. The molecular weight excluding hydrogens is 380 g/mol. The van der Waals surface area contributed by atoms with Crippen LogP contribution in [0.5, 0.6) is 0 Å². The molecule has 0 aliphatic heterocycles. The normalized spacial score (nSPS) is 13.3. The van der Waals surface area contributed by atoms with E-state index >= 15 is 0 Å². The second-order valence-electron chi connectivity index (χ2n) is 7.52. The molecule has 2 heterocycles. The Balaban J connectivity index is 1.72. The SMILES string of the molecule is CC[C@H](C)c1ccc([C@@H](NCC(=O)Nc2c(C)nn(C)c2C)c2cccs2)cc1. The van der Waals surface area contributed by atoms with Crippen LogP contribution in [0.1, 0.15) is 59.6 Å². The standard InChI is InChI=1S/C23H30N4OS/c1-6-15(2)18-9-11-19(12-10-18)23(20-8-7-13-29-20)24-14-21(28)25-22-16(3)26-27(5)17(22)4/h7-13,15,23-24H,6,14H2,1-5H3,(H,25,28)/t15-,23+/m0/s1. The molecule has 3 rings (SSSR count). The van der Waals surface area contributed by atoms with Crippen LogP contribution in [0.15, 0.2) is 41.8 Å². The van der Waals surface area contributed by atoms with Crippen LogP contribution in [0.4, 0.5) is 5.69 Å². The number of hydrogen-bond donors (Lipinski definition) is 2. The van der Waals surface area contributed by atoms with E-state index in [9.17, 15) is 4.79 Å². The summed E-state index contributed by atoms with van der Waals surface area (Å²) in [6.45, 7) is 8.54. The number of anilines is 1. The fraction of sp³-hybridized carbons (Fsp3) is 0.391. The van der Waals surface area contributed by atoms with Crippen LogP contribution in [0.2, 0.25) is 0 Å². The van der Waals surface area contributed by atoms with Crippen LogP contribution in [0.3, 0.4) is 0 Å². The van der Waals surface area contributed by atoms with Gasteiger partial charge in [0.1, 0.15) is 0 Å². The largest absolute Gasteiger partial charge is 0.322 e. The molecule has 1 amide bonds. The van der Waals surface area contributed by atoms with Gasteiger partial charge in [-0.2, -0.15) is 5.10 Å². The molecule has 0 fully saturated rings. The second kappa shape index (κ2) is 9.37. The number of hydrogen-bond acceptors (Lipinski definition) is 4. The topological polar surface area (TPSA) is 59.0 Å². The summed E-state index contributed by atoms with van der Waals surface area (Å²) in [6, 6.07) is 12.9. The molecule has 0 radical (unpaired) electrons. The van der Waals surface area contributed by atoms with Crippen LogP contribution in [-0.4, -0.2) is 22.2 Å². The molecule has 0 unspecified atom stereocenters. The third kappa shape index (κ3) is 4.95. The molecular formula is C23H30N4OS. The van der Waals surface area contributed by atoms with Crippen LogP contribution in [0, 0.1) is 13.8 Å². The predicted molar refractivity (Wildman–Crippen MR) is 121 cm³/mol. The second-order valence-corrected chi connectivity index (χ2v) is 8.50. The predicted octanol–water partition coefficient (Wildman–Crippen LogP) is 4.93.